The van der Waals surface area contributed by atoms with E-state index >= 15 is 0 Å². The number of benzene rings is 1. The van der Waals surface area contributed by atoms with Gasteiger partial charge in [-0.15, -0.1) is 0 Å². The molecule has 19 heavy (non-hydrogen) atoms. The number of rotatable bonds is 7. The van der Waals surface area contributed by atoms with Gasteiger partial charge in [-0.05, 0) is 12.5 Å². The number of aliphatic hydroxyl groups excluding tert-OH is 1. The molecule has 0 heterocycles. The van der Waals surface area contributed by atoms with E-state index in [0.717, 1.165) is 0 Å². The number of nitro benzene ring substituents is 1. The molecule has 3 N–H and O–H groups in total. The van der Waals surface area contributed by atoms with Crippen LogP contribution in [0.4, 0.5) is 5.69 Å². The summed E-state index contributed by atoms with van der Waals surface area (Å²) in [7, 11) is 0. The van der Waals surface area contributed by atoms with Crippen LogP contribution in [0.2, 0.25) is 0 Å². The van der Waals surface area contributed by atoms with Crippen LogP contribution in [0.1, 0.15) is 29.3 Å². The number of carbonyl (C=O) groups excluding carboxylic acids is 1. The lowest BCUT2D eigenvalue weighted by Gasteiger charge is -2.09. The van der Waals surface area contributed by atoms with Gasteiger partial charge in [-0.25, -0.2) is 0 Å². The van der Waals surface area contributed by atoms with Crippen molar-refractivity contribution in [2.45, 2.75) is 24.3 Å². The minimum atomic E-state index is -0.684. The second-order valence-electron chi connectivity index (χ2n) is 4.10. The minimum absolute atomic E-state index is 0.0941. The number of hydrogen-bond acceptors (Lipinski definition) is 5. The Morgan fingerprint density at radius 3 is 2.79 bits per heavy atom. The van der Waals surface area contributed by atoms with Crippen LogP contribution < -0.4 is 5.73 Å². The van der Waals surface area contributed by atoms with E-state index in [1.165, 1.54) is 23.9 Å². The number of primary amides is 1. The largest absolute Gasteiger partial charge is 0.396 e. The molecule has 104 valence electrons. The number of aliphatic hydroxyl groups is 1. The highest BCUT2D eigenvalue weighted by molar-refractivity contribution is 7.99. The van der Waals surface area contributed by atoms with E-state index in [4.69, 9.17) is 10.8 Å². The zero-order valence-corrected chi connectivity index (χ0v) is 11.4. The molecule has 0 saturated heterocycles. The number of nitrogens with two attached hydrogens (primary N) is 1. The molecule has 1 rings (SSSR count). The number of nitro groups is 1. The standard InChI is InChI=1S/C12H16N2O4S/c1-8(4-5-15)19-7-10-3-2-9(12(13)16)6-11(10)14(17)18/h2-3,6,8,15H,4-5,7H2,1H3,(H2,13,16). The topological polar surface area (TPSA) is 106 Å². The molecule has 0 aromatic heterocycles. The van der Waals surface area contributed by atoms with Gasteiger partial charge in [-0.2, -0.15) is 11.8 Å². The van der Waals surface area contributed by atoms with Crippen molar-refractivity contribution >= 4 is 23.4 Å². The highest BCUT2D eigenvalue weighted by Crippen LogP contribution is 2.27. The van der Waals surface area contributed by atoms with Gasteiger partial charge < -0.3 is 10.8 Å². The summed E-state index contributed by atoms with van der Waals surface area (Å²) in [5.74, 6) is -0.229. The summed E-state index contributed by atoms with van der Waals surface area (Å²) in [6, 6.07) is 4.24. The normalized spacial score (nSPS) is 12.1. The molecule has 0 radical (unpaired) electrons. The lowest BCUT2D eigenvalue weighted by molar-refractivity contribution is -0.385. The molecule has 0 aliphatic carbocycles. The third-order valence-electron chi connectivity index (χ3n) is 2.63. The Labute approximate surface area is 115 Å². The second kappa shape index (κ2) is 7.10. The number of carbonyl (C=O) groups is 1. The van der Waals surface area contributed by atoms with Crippen molar-refractivity contribution in [1.82, 2.24) is 0 Å². The van der Waals surface area contributed by atoms with Gasteiger partial charge in [0, 0.05) is 34.8 Å². The van der Waals surface area contributed by atoms with Crippen molar-refractivity contribution in [1.29, 1.82) is 0 Å². The van der Waals surface area contributed by atoms with Gasteiger partial charge >= 0.3 is 0 Å². The summed E-state index contributed by atoms with van der Waals surface area (Å²) >= 11 is 1.52. The summed E-state index contributed by atoms with van der Waals surface area (Å²) in [5.41, 5.74) is 5.68. The smallest absolute Gasteiger partial charge is 0.274 e. The lowest BCUT2D eigenvalue weighted by Crippen LogP contribution is -2.11. The van der Waals surface area contributed by atoms with E-state index in [1.54, 1.807) is 6.07 Å². The molecule has 1 aromatic rings. The van der Waals surface area contributed by atoms with Gasteiger partial charge in [-0.3, -0.25) is 14.9 Å². The first-order chi connectivity index (χ1) is 8.95. The lowest BCUT2D eigenvalue weighted by atomic mass is 10.1. The Balaban J connectivity index is 2.88. The third-order valence-corrected chi connectivity index (χ3v) is 3.91. The van der Waals surface area contributed by atoms with Crippen LogP contribution in [0.5, 0.6) is 0 Å². The summed E-state index contributed by atoms with van der Waals surface area (Å²) < 4.78 is 0. The number of nitrogens with zero attached hydrogens (tertiary/aromatic N) is 1. The van der Waals surface area contributed by atoms with E-state index in [1.807, 2.05) is 6.92 Å². The van der Waals surface area contributed by atoms with Crippen LogP contribution in [0.3, 0.4) is 0 Å². The molecular weight excluding hydrogens is 268 g/mol. The van der Waals surface area contributed by atoms with Gasteiger partial charge in [0.15, 0.2) is 0 Å². The fourth-order valence-corrected chi connectivity index (χ4v) is 2.49. The Morgan fingerprint density at radius 2 is 2.26 bits per heavy atom. The molecule has 0 fully saturated rings. The average molecular weight is 284 g/mol. The Bertz CT molecular complexity index is 479. The quantitative estimate of drug-likeness (QED) is 0.585. The summed E-state index contributed by atoms with van der Waals surface area (Å²) in [6.45, 7) is 2.04. The van der Waals surface area contributed by atoms with Crippen LogP contribution in [0.15, 0.2) is 18.2 Å². The maximum Gasteiger partial charge on any atom is 0.274 e. The van der Waals surface area contributed by atoms with Crippen LogP contribution in [-0.4, -0.2) is 27.8 Å². The fraction of sp³-hybridized carbons (Fsp3) is 0.417. The molecule has 7 heteroatoms. The van der Waals surface area contributed by atoms with Crippen LogP contribution in [0.25, 0.3) is 0 Å². The Hall–Kier alpha value is -1.60. The Kier molecular flexibility index (Phi) is 5.78. The molecule has 1 atom stereocenters. The molecule has 0 saturated carbocycles. The van der Waals surface area contributed by atoms with Crippen LogP contribution in [0, 0.1) is 10.1 Å². The fourth-order valence-electron chi connectivity index (χ4n) is 1.51. The molecule has 1 unspecified atom stereocenters. The molecule has 0 aliphatic rings. The van der Waals surface area contributed by atoms with E-state index in [0.29, 0.717) is 17.7 Å². The highest BCUT2D eigenvalue weighted by atomic mass is 32.2. The zero-order chi connectivity index (χ0) is 14.4. The Morgan fingerprint density at radius 1 is 1.58 bits per heavy atom. The van der Waals surface area contributed by atoms with Gasteiger partial charge in [-0.1, -0.05) is 13.0 Å². The van der Waals surface area contributed by atoms with Crippen LogP contribution >= 0.6 is 11.8 Å². The van der Waals surface area contributed by atoms with E-state index < -0.39 is 10.8 Å². The first-order valence-corrected chi connectivity index (χ1v) is 6.80. The van der Waals surface area contributed by atoms with Crippen LogP contribution in [-0.2, 0) is 5.75 Å². The van der Waals surface area contributed by atoms with Crippen molar-refractivity contribution in [3.63, 3.8) is 0 Å². The molecule has 1 aromatic carbocycles. The molecular formula is C12H16N2O4S. The maximum absolute atomic E-state index is 11.0. The van der Waals surface area contributed by atoms with E-state index in [9.17, 15) is 14.9 Å². The summed E-state index contributed by atoms with van der Waals surface area (Å²) in [5, 5.41) is 20.0. The van der Waals surface area contributed by atoms with Crippen molar-refractivity contribution in [2.24, 2.45) is 5.73 Å². The number of hydrogen-bond donors (Lipinski definition) is 2. The first kappa shape index (κ1) is 15.5. The molecule has 1 amide bonds. The number of thioether (sulfide) groups is 1. The summed E-state index contributed by atoms with van der Waals surface area (Å²) in [6.07, 6.45) is 0.637. The SMILES string of the molecule is CC(CCO)SCc1ccc(C(N)=O)cc1[N+](=O)[O-]. The van der Waals surface area contributed by atoms with Crippen molar-refractivity contribution < 1.29 is 14.8 Å². The van der Waals surface area contributed by atoms with Gasteiger partial charge in [0.05, 0.1) is 4.92 Å². The molecule has 6 nitrogen and oxygen atoms in total. The summed E-state index contributed by atoms with van der Waals surface area (Å²) in [4.78, 5) is 21.5. The predicted molar refractivity (Wildman–Crippen MR) is 74.1 cm³/mol. The first-order valence-electron chi connectivity index (χ1n) is 5.75. The van der Waals surface area contributed by atoms with E-state index in [-0.39, 0.29) is 23.1 Å². The van der Waals surface area contributed by atoms with Crippen molar-refractivity contribution in [2.75, 3.05) is 6.61 Å². The zero-order valence-electron chi connectivity index (χ0n) is 10.5. The van der Waals surface area contributed by atoms with Gasteiger partial charge in [0.2, 0.25) is 5.91 Å². The van der Waals surface area contributed by atoms with Gasteiger partial charge in [0.25, 0.3) is 5.69 Å². The highest BCUT2D eigenvalue weighted by Gasteiger charge is 2.17. The van der Waals surface area contributed by atoms with Crippen molar-refractivity contribution in [3.05, 3.63) is 39.4 Å². The third kappa shape index (κ3) is 4.53. The molecule has 0 aliphatic heterocycles. The maximum atomic E-state index is 11.0. The second-order valence-corrected chi connectivity index (χ2v) is 5.53. The average Bonchev–Trinajstić information content (AvgIpc) is 2.36. The van der Waals surface area contributed by atoms with Crippen molar-refractivity contribution in [3.8, 4) is 0 Å². The minimum Gasteiger partial charge on any atom is -0.396 e. The van der Waals surface area contributed by atoms with Gasteiger partial charge in [0.1, 0.15) is 0 Å². The molecule has 0 bridgehead atoms. The van der Waals surface area contributed by atoms with E-state index in [2.05, 4.69) is 0 Å². The molecule has 0 spiro atoms. The number of amides is 1. The monoisotopic (exact) mass is 284 g/mol. The predicted octanol–water partition coefficient (Wildman–Crippen LogP) is 1.70.